The summed E-state index contributed by atoms with van der Waals surface area (Å²) in [4.78, 5) is 25.8. The first-order valence-corrected chi connectivity index (χ1v) is 4.68. The fourth-order valence-electron chi connectivity index (χ4n) is 1.60. The molecule has 0 radical (unpaired) electrons. The summed E-state index contributed by atoms with van der Waals surface area (Å²) in [7, 11) is 0. The molecule has 0 N–H and O–H groups in total. The molecule has 0 saturated heterocycles. The molecule has 2 rings (SSSR count). The van der Waals surface area contributed by atoms with Gasteiger partial charge in [0.25, 0.3) is 0 Å². The van der Waals surface area contributed by atoms with Gasteiger partial charge in [-0.3, -0.25) is 9.59 Å². The van der Waals surface area contributed by atoms with E-state index in [1.54, 1.807) is 22.0 Å². The Morgan fingerprint density at radius 2 is 1.36 bits per heavy atom. The zero-order valence-corrected chi connectivity index (χ0v) is 7.85. The lowest BCUT2D eigenvalue weighted by Gasteiger charge is -2.20. The third-order valence-electron chi connectivity index (χ3n) is 2.44. The average molecular weight is 192 g/mol. The average Bonchev–Trinajstić information content (AvgIpc) is 2.72. The lowest BCUT2D eigenvalue weighted by Crippen LogP contribution is -2.36. The third-order valence-corrected chi connectivity index (χ3v) is 2.44. The molecular weight excluding hydrogens is 180 g/mol. The number of rotatable bonds is 3. The molecule has 2 heterocycles. The van der Waals surface area contributed by atoms with Crippen molar-refractivity contribution < 1.29 is 9.59 Å². The predicted molar refractivity (Wildman–Crippen MR) is 51.4 cm³/mol. The van der Waals surface area contributed by atoms with Gasteiger partial charge in [-0.25, -0.2) is 0 Å². The van der Waals surface area contributed by atoms with E-state index in [-0.39, 0.29) is 11.8 Å². The molecule has 0 bridgehead atoms. The van der Waals surface area contributed by atoms with Crippen molar-refractivity contribution in [2.75, 3.05) is 26.2 Å². The molecule has 0 saturated carbocycles. The molecule has 74 valence electrons. The molecule has 0 aromatic rings. The van der Waals surface area contributed by atoms with Crippen molar-refractivity contribution in [1.29, 1.82) is 0 Å². The van der Waals surface area contributed by atoms with E-state index in [9.17, 15) is 9.59 Å². The molecule has 0 spiro atoms. The van der Waals surface area contributed by atoms with E-state index >= 15 is 0 Å². The molecule has 4 heteroatoms. The van der Waals surface area contributed by atoms with Gasteiger partial charge in [0, 0.05) is 38.3 Å². The number of carbonyl (C=O) groups is 2. The topological polar surface area (TPSA) is 40.6 Å². The lowest BCUT2D eigenvalue weighted by molar-refractivity contribution is -0.128. The van der Waals surface area contributed by atoms with Crippen LogP contribution < -0.4 is 0 Å². The van der Waals surface area contributed by atoms with E-state index in [0.29, 0.717) is 26.2 Å². The molecule has 2 aliphatic heterocycles. The Kier molecular flexibility index (Phi) is 2.35. The number of carbonyl (C=O) groups excluding carboxylic acids is 2. The van der Waals surface area contributed by atoms with E-state index in [2.05, 4.69) is 0 Å². The molecule has 0 aromatic carbocycles. The van der Waals surface area contributed by atoms with E-state index in [1.807, 2.05) is 12.2 Å². The first kappa shape index (κ1) is 8.99. The second kappa shape index (κ2) is 3.65. The van der Waals surface area contributed by atoms with E-state index < -0.39 is 0 Å². The van der Waals surface area contributed by atoms with Crippen LogP contribution in [0.1, 0.15) is 0 Å². The highest BCUT2D eigenvalue weighted by Gasteiger charge is 2.18. The maximum Gasteiger partial charge on any atom is 0.246 e. The van der Waals surface area contributed by atoms with E-state index in [0.717, 1.165) is 0 Å². The van der Waals surface area contributed by atoms with Crippen molar-refractivity contribution >= 4 is 11.8 Å². The molecule has 0 unspecified atom stereocenters. The molecule has 0 fully saturated rings. The van der Waals surface area contributed by atoms with Crippen LogP contribution in [0, 0.1) is 0 Å². The highest BCUT2D eigenvalue weighted by Crippen LogP contribution is 2.04. The minimum absolute atomic E-state index is 0.0459. The van der Waals surface area contributed by atoms with Gasteiger partial charge in [0.2, 0.25) is 11.8 Å². The summed E-state index contributed by atoms with van der Waals surface area (Å²) >= 11 is 0. The zero-order valence-electron chi connectivity index (χ0n) is 7.85. The quantitative estimate of drug-likeness (QED) is 0.620. The first-order chi connectivity index (χ1) is 6.77. The summed E-state index contributed by atoms with van der Waals surface area (Å²) in [6.45, 7) is 2.60. The molecule has 4 nitrogen and oxygen atoms in total. The van der Waals surface area contributed by atoms with Gasteiger partial charge in [-0.15, -0.1) is 0 Å². The number of hydrogen-bond acceptors (Lipinski definition) is 2. The normalized spacial score (nSPS) is 20.3. The zero-order chi connectivity index (χ0) is 9.97. The van der Waals surface area contributed by atoms with Crippen LogP contribution in [0.2, 0.25) is 0 Å². The second-order valence-electron chi connectivity index (χ2n) is 3.37. The smallest absolute Gasteiger partial charge is 0.246 e. The lowest BCUT2D eigenvalue weighted by atomic mass is 10.4. The van der Waals surface area contributed by atoms with Crippen LogP contribution in [0.3, 0.4) is 0 Å². The minimum atomic E-state index is 0.0459. The molecule has 2 aliphatic rings. The largest absolute Gasteiger partial charge is 0.334 e. The monoisotopic (exact) mass is 192 g/mol. The van der Waals surface area contributed by atoms with Crippen LogP contribution in [0.5, 0.6) is 0 Å². The summed E-state index contributed by atoms with van der Waals surface area (Å²) in [6.07, 6.45) is 6.83. The Balaban J connectivity index is 1.78. The van der Waals surface area contributed by atoms with Crippen molar-refractivity contribution in [2.24, 2.45) is 0 Å². The molecule has 0 aliphatic carbocycles. The standard InChI is InChI=1S/C10H12N2O2/c13-9-3-1-5-11(9)7-8-12-6-2-4-10(12)14/h1-4H,5-8H2. The van der Waals surface area contributed by atoms with Gasteiger partial charge in [-0.05, 0) is 0 Å². The Morgan fingerprint density at radius 3 is 1.64 bits per heavy atom. The summed E-state index contributed by atoms with van der Waals surface area (Å²) < 4.78 is 0. The Morgan fingerprint density at radius 1 is 0.929 bits per heavy atom. The van der Waals surface area contributed by atoms with Crippen molar-refractivity contribution in [2.45, 2.75) is 0 Å². The Bertz CT molecular complexity index is 288. The Hall–Kier alpha value is -1.58. The van der Waals surface area contributed by atoms with Gasteiger partial charge in [-0.2, -0.15) is 0 Å². The summed E-state index contributed by atoms with van der Waals surface area (Å²) in [6, 6.07) is 0. The van der Waals surface area contributed by atoms with Gasteiger partial charge in [0.05, 0.1) is 0 Å². The maximum atomic E-state index is 11.2. The van der Waals surface area contributed by atoms with Gasteiger partial charge >= 0.3 is 0 Å². The van der Waals surface area contributed by atoms with Gasteiger partial charge in [-0.1, -0.05) is 12.2 Å². The predicted octanol–water partition coefficient (Wildman–Crippen LogP) is -0.217. The van der Waals surface area contributed by atoms with Gasteiger partial charge < -0.3 is 9.80 Å². The van der Waals surface area contributed by atoms with Crippen LogP contribution in [-0.4, -0.2) is 47.8 Å². The van der Waals surface area contributed by atoms with Crippen LogP contribution >= 0.6 is 0 Å². The molecule has 14 heavy (non-hydrogen) atoms. The first-order valence-electron chi connectivity index (χ1n) is 4.68. The van der Waals surface area contributed by atoms with E-state index in [4.69, 9.17) is 0 Å². The van der Waals surface area contributed by atoms with Crippen molar-refractivity contribution in [3.05, 3.63) is 24.3 Å². The maximum absolute atomic E-state index is 11.2. The minimum Gasteiger partial charge on any atom is -0.334 e. The summed E-state index contributed by atoms with van der Waals surface area (Å²) in [5.41, 5.74) is 0. The Labute approximate surface area is 82.5 Å². The van der Waals surface area contributed by atoms with Crippen molar-refractivity contribution in [3.63, 3.8) is 0 Å². The van der Waals surface area contributed by atoms with Crippen LogP contribution in [0.25, 0.3) is 0 Å². The van der Waals surface area contributed by atoms with Crippen LogP contribution in [0.4, 0.5) is 0 Å². The number of hydrogen-bond donors (Lipinski definition) is 0. The van der Waals surface area contributed by atoms with Crippen molar-refractivity contribution in [3.8, 4) is 0 Å². The highest BCUT2D eigenvalue weighted by atomic mass is 16.2. The van der Waals surface area contributed by atoms with Crippen molar-refractivity contribution in [1.82, 2.24) is 9.80 Å². The fourth-order valence-corrected chi connectivity index (χ4v) is 1.60. The molecule has 0 atom stereocenters. The van der Waals surface area contributed by atoms with Gasteiger partial charge in [0.15, 0.2) is 0 Å². The molecular formula is C10H12N2O2. The summed E-state index contributed by atoms with van der Waals surface area (Å²) in [5, 5.41) is 0. The van der Waals surface area contributed by atoms with Gasteiger partial charge in [0.1, 0.15) is 0 Å². The molecule has 2 amide bonds. The highest BCUT2D eigenvalue weighted by molar-refractivity contribution is 5.91. The van der Waals surface area contributed by atoms with Crippen LogP contribution in [-0.2, 0) is 9.59 Å². The third kappa shape index (κ3) is 1.69. The molecule has 0 aromatic heterocycles. The second-order valence-corrected chi connectivity index (χ2v) is 3.37. The van der Waals surface area contributed by atoms with Crippen LogP contribution in [0.15, 0.2) is 24.3 Å². The number of nitrogens with zero attached hydrogens (tertiary/aromatic N) is 2. The summed E-state index contributed by atoms with van der Waals surface area (Å²) in [5.74, 6) is 0.0919. The van der Waals surface area contributed by atoms with E-state index in [1.165, 1.54) is 0 Å². The number of amides is 2. The fraction of sp³-hybridized carbons (Fsp3) is 0.400. The SMILES string of the molecule is O=C1C=CCN1CCN1CC=CC1=O.